The molecule has 15 heteroatoms. The van der Waals surface area contributed by atoms with Crippen molar-refractivity contribution in [2.75, 3.05) is 65.0 Å². The van der Waals surface area contributed by atoms with E-state index in [4.69, 9.17) is 19.3 Å². The molecular weight excluding hydrogens is 639 g/mol. The minimum Gasteiger partial charge on any atom is -0.493 e. The van der Waals surface area contributed by atoms with Crippen molar-refractivity contribution in [2.24, 2.45) is 0 Å². The number of rotatable bonds is 10. The summed E-state index contributed by atoms with van der Waals surface area (Å²) in [4.78, 5) is 57.9. The van der Waals surface area contributed by atoms with Crippen molar-refractivity contribution in [3.05, 3.63) is 45.6 Å². The van der Waals surface area contributed by atoms with Crippen LogP contribution >= 0.6 is 0 Å². The van der Waals surface area contributed by atoms with Crippen molar-refractivity contribution < 1.29 is 37.7 Å². The lowest BCUT2D eigenvalue weighted by Gasteiger charge is -2.37. The largest absolute Gasteiger partial charge is 0.493 e. The lowest BCUT2D eigenvalue weighted by molar-refractivity contribution is -0.140. The van der Waals surface area contributed by atoms with Crippen LogP contribution in [0.4, 0.5) is 15.0 Å². The molecule has 1 aromatic carbocycles. The Labute approximate surface area is 284 Å². The van der Waals surface area contributed by atoms with Gasteiger partial charge in [-0.2, -0.15) is 0 Å². The van der Waals surface area contributed by atoms with E-state index >= 15 is 0 Å². The second-order valence-electron chi connectivity index (χ2n) is 13.2. The number of hydrogen-bond donors (Lipinski definition) is 0. The average molecular weight is 685 g/mol. The number of piperazine rings is 1. The molecule has 1 saturated heterocycles. The fourth-order valence-corrected chi connectivity index (χ4v) is 6.27. The molecule has 0 aliphatic carbocycles. The highest BCUT2D eigenvalue weighted by Crippen LogP contribution is 2.41. The molecule has 2 aromatic heterocycles. The van der Waals surface area contributed by atoms with Gasteiger partial charge in [-0.1, -0.05) is 6.07 Å². The third-order valence-electron chi connectivity index (χ3n) is 8.63. The number of carbonyl (C=O) groups excluding carboxylic acids is 3. The van der Waals surface area contributed by atoms with Crippen molar-refractivity contribution in [1.29, 1.82) is 0 Å². The van der Waals surface area contributed by atoms with Crippen molar-refractivity contribution in [3.63, 3.8) is 0 Å². The van der Waals surface area contributed by atoms with Gasteiger partial charge in [0.15, 0.2) is 17.3 Å². The summed E-state index contributed by atoms with van der Waals surface area (Å²) in [5, 5.41) is 5.09. The average Bonchev–Trinajstić information content (AvgIpc) is 3.42. The number of ether oxygens (including phenoxy) is 4. The molecule has 3 aromatic rings. The number of nitrogens with zero attached hydrogens (tertiary/aromatic N) is 6. The maximum Gasteiger partial charge on any atom is 0.410 e. The molecule has 1 atom stereocenters. The highest BCUT2D eigenvalue weighted by Gasteiger charge is 2.39. The number of amides is 2. The number of fused-ring (bicyclic) bond motifs is 3. The van der Waals surface area contributed by atoms with Crippen molar-refractivity contribution in [1.82, 2.24) is 24.1 Å². The minimum absolute atomic E-state index is 0.0828. The smallest absolute Gasteiger partial charge is 0.410 e. The quantitative estimate of drug-likeness (QED) is 0.229. The van der Waals surface area contributed by atoms with Crippen LogP contribution in [0.15, 0.2) is 23.0 Å². The Balaban J connectivity index is 1.59. The zero-order valence-electron chi connectivity index (χ0n) is 29.2. The van der Waals surface area contributed by atoms with Crippen LogP contribution in [0.2, 0.25) is 0 Å². The van der Waals surface area contributed by atoms with Gasteiger partial charge in [0.25, 0.3) is 11.5 Å². The van der Waals surface area contributed by atoms with Crippen LogP contribution < -0.4 is 19.9 Å². The number of esters is 1. The molecule has 0 spiro atoms. The molecule has 266 valence electrons. The van der Waals surface area contributed by atoms with Crippen molar-refractivity contribution >= 4 is 34.7 Å². The molecular formula is C34H45FN6O8. The Hall–Kier alpha value is -4.82. The van der Waals surface area contributed by atoms with E-state index in [1.54, 1.807) is 9.80 Å². The van der Waals surface area contributed by atoms with Gasteiger partial charge >= 0.3 is 12.1 Å². The number of benzene rings is 1. The Bertz CT molecular complexity index is 1790. The first-order valence-corrected chi connectivity index (χ1v) is 16.5. The second-order valence-corrected chi connectivity index (χ2v) is 13.2. The molecule has 0 N–H and O–H groups in total. The summed E-state index contributed by atoms with van der Waals surface area (Å²) in [6, 6.07) is 3.83. The molecule has 0 bridgehead atoms. The predicted molar refractivity (Wildman–Crippen MR) is 179 cm³/mol. The summed E-state index contributed by atoms with van der Waals surface area (Å²) >= 11 is 0. The number of likely N-dealkylation sites (N-methyl/N-ethyl adjacent to an activating group) is 1. The van der Waals surface area contributed by atoms with Crippen LogP contribution in [-0.2, 0) is 20.8 Å². The Kier molecular flexibility index (Phi) is 10.4. The topological polar surface area (TPSA) is 138 Å². The van der Waals surface area contributed by atoms with Gasteiger partial charge in [0.2, 0.25) is 0 Å². The van der Waals surface area contributed by atoms with E-state index in [-0.39, 0.29) is 60.1 Å². The number of aromatic nitrogens is 3. The molecule has 49 heavy (non-hydrogen) atoms. The van der Waals surface area contributed by atoms with E-state index in [9.17, 15) is 23.6 Å². The van der Waals surface area contributed by atoms with Gasteiger partial charge in [0, 0.05) is 63.4 Å². The van der Waals surface area contributed by atoms with Gasteiger partial charge in [-0.25, -0.2) is 13.9 Å². The molecule has 0 radical (unpaired) electrons. The van der Waals surface area contributed by atoms with Crippen LogP contribution in [0.1, 0.15) is 69.6 Å². The summed E-state index contributed by atoms with van der Waals surface area (Å²) in [5.41, 5.74) is 0.111. The van der Waals surface area contributed by atoms with Crippen LogP contribution in [0, 0.1) is 5.82 Å². The van der Waals surface area contributed by atoms with Crippen LogP contribution in [-0.4, -0.2) is 108 Å². The molecule has 5 rings (SSSR count). The standard InChI is InChI=1S/C34H45FN6O8/c1-8-37-19-21(2)41-27-26(29(47-7)28(41)32(37)44)31(43)40(20-22-11-12-23(35)18-24(22)48-17-9-10-25(42)46-6)36-30(27)38-13-15-39(16-14-38)33(45)49-34(3,4)5/h11-12,18,21H,8-10,13-17,19-20H2,1-7H3. The predicted octanol–water partition coefficient (Wildman–Crippen LogP) is 3.82. The summed E-state index contributed by atoms with van der Waals surface area (Å²) in [6.45, 7) is 11.8. The van der Waals surface area contributed by atoms with Gasteiger partial charge in [0.05, 0.1) is 27.4 Å². The van der Waals surface area contributed by atoms with E-state index in [1.165, 1.54) is 37.1 Å². The Morgan fingerprint density at radius 2 is 1.80 bits per heavy atom. The van der Waals surface area contributed by atoms with Gasteiger partial charge in [-0.15, -0.1) is 5.10 Å². The minimum atomic E-state index is -0.641. The van der Waals surface area contributed by atoms with Gasteiger partial charge < -0.3 is 38.2 Å². The van der Waals surface area contributed by atoms with E-state index in [1.807, 2.05) is 44.1 Å². The monoisotopic (exact) mass is 684 g/mol. The molecule has 1 fully saturated rings. The maximum atomic E-state index is 14.4. The van der Waals surface area contributed by atoms with Gasteiger partial charge in [-0.3, -0.25) is 14.4 Å². The first kappa shape index (κ1) is 35.5. The van der Waals surface area contributed by atoms with E-state index < -0.39 is 23.1 Å². The zero-order valence-corrected chi connectivity index (χ0v) is 29.2. The highest BCUT2D eigenvalue weighted by molar-refractivity contribution is 6.07. The number of hydrogen-bond acceptors (Lipinski definition) is 10. The van der Waals surface area contributed by atoms with Crippen LogP contribution in [0.25, 0.3) is 10.9 Å². The lowest BCUT2D eigenvalue weighted by atomic mass is 10.2. The second kappa shape index (κ2) is 14.3. The first-order valence-electron chi connectivity index (χ1n) is 16.5. The zero-order chi connectivity index (χ0) is 35.6. The molecule has 0 saturated carbocycles. The normalized spacial score (nSPS) is 16.5. The van der Waals surface area contributed by atoms with Gasteiger partial charge in [-0.05, 0) is 47.1 Å². The summed E-state index contributed by atoms with van der Waals surface area (Å²) in [6.07, 6.45) is 0.0711. The number of halogens is 1. The molecule has 1 unspecified atom stereocenters. The molecule has 2 amide bonds. The molecule has 2 aliphatic heterocycles. The Morgan fingerprint density at radius 1 is 1.08 bits per heavy atom. The van der Waals surface area contributed by atoms with E-state index in [2.05, 4.69) is 4.74 Å². The molecule has 4 heterocycles. The van der Waals surface area contributed by atoms with Crippen molar-refractivity contribution in [2.45, 2.75) is 65.6 Å². The molecule has 2 aliphatic rings. The summed E-state index contributed by atoms with van der Waals surface area (Å²) < 4.78 is 39.5. The fraction of sp³-hybridized carbons (Fsp3) is 0.559. The third kappa shape index (κ3) is 7.30. The first-order chi connectivity index (χ1) is 23.3. The fourth-order valence-electron chi connectivity index (χ4n) is 6.27. The SMILES string of the molecule is CCN1CC(C)n2c(c(OC)c3c(=O)n(Cc4ccc(F)cc4OCCCC(=O)OC)nc(N4CCN(C(=O)OC(C)(C)C)CC4)c32)C1=O. The summed E-state index contributed by atoms with van der Waals surface area (Å²) in [5.74, 6) is -0.335. The number of methoxy groups -OCH3 is 2. The van der Waals surface area contributed by atoms with Crippen molar-refractivity contribution in [3.8, 4) is 11.5 Å². The maximum absolute atomic E-state index is 14.4. The third-order valence-corrected chi connectivity index (χ3v) is 8.63. The van der Waals surface area contributed by atoms with Gasteiger partial charge in [0.1, 0.15) is 28.1 Å². The van der Waals surface area contributed by atoms with E-state index in [0.717, 1.165) is 0 Å². The number of anilines is 1. The van der Waals surface area contributed by atoms with E-state index in [0.29, 0.717) is 62.6 Å². The molecule has 14 nitrogen and oxygen atoms in total. The highest BCUT2D eigenvalue weighted by atomic mass is 19.1. The lowest BCUT2D eigenvalue weighted by Crippen LogP contribution is -2.50. The number of carbonyl (C=O) groups is 3. The summed E-state index contributed by atoms with van der Waals surface area (Å²) in [7, 11) is 2.74. The van der Waals surface area contributed by atoms with Crippen LogP contribution in [0.5, 0.6) is 11.5 Å². The Morgan fingerprint density at radius 3 is 2.43 bits per heavy atom. The van der Waals surface area contributed by atoms with Crippen LogP contribution in [0.3, 0.4) is 0 Å².